The van der Waals surface area contributed by atoms with Crippen LogP contribution >= 0.6 is 22.9 Å². The highest BCUT2D eigenvalue weighted by Gasteiger charge is 2.23. The van der Waals surface area contributed by atoms with Gasteiger partial charge < -0.3 is 14.2 Å². The summed E-state index contributed by atoms with van der Waals surface area (Å²) in [7, 11) is 0. The van der Waals surface area contributed by atoms with E-state index in [1.807, 2.05) is 42.5 Å². The first-order chi connectivity index (χ1) is 12.3. The Bertz CT molecular complexity index is 1020. The van der Waals surface area contributed by atoms with E-state index in [4.69, 9.17) is 21.0 Å². The zero-order valence-corrected chi connectivity index (χ0v) is 14.9. The van der Waals surface area contributed by atoms with Crippen molar-refractivity contribution in [1.29, 1.82) is 0 Å². The standard InChI is InChI=1S/C18H15ClN4OS/c19-12-5-6-14-16(11-12)25-18(21-14)23-9-7-22(8-10-23)17-20-13-3-1-2-4-15(13)24-17/h1-6,11H,7-10H2. The van der Waals surface area contributed by atoms with Crippen LogP contribution in [0.15, 0.2) is 46.9 Å². The number of hydrogen-bond donors (Lipinski definition) is 0. The van der Waals surface area contributed by atoms with Gasteiger partial charge in [-0.25, -0.2) is 4.98 Å². The van der Waals surface area contributed by atoms with E-state index in [0.717, 1.165) is 57.6 Å². The van der Waals surface area contributed by atoms with Gasteiger partial charge in [0, 0.05) is 31.2 Å². The summed E-state index contributed by atoms with van der Waals surface area (Å²) in [5.41, 5.74) is 2.75. The molecule has 0 amide bonds. The van der Waals surface area contributed by atoms with Crippen LogP contribution in [0, 0.1) is 0 Å². The molecule has 0 atom stereocenters. The van der Waals surface area contributed by atoms with Gasteiger partial charge in [-0.05, 0) is 30.3 Å². The highest BCUT2D eigenvalue weighted by molar-refractivity contribution is 7.22. The molecule has 0 N–H and O–H groups in total. The molecule has 1 aliphatic heterocycles. The molecule has 5 rings (SSSR count). The molecule has 0 unspecified atom stereocenters. The summed E-state index contributed by atoms with van der Waals surface area (Å²) >= 11 is 7.77. The number of thiazole rings is 1. The van der Waals surface area contributed by atoms with Crippen LogP contribution < -0.4 is 9.80 Å². The Balaban J connectivity index is 1.34. The van der Waals surface area contributed by atoms with Crippen molar-refractivity contribution in [1.82, 2.24) is 9.97 Å². The van der Waals surface area contributed by atoms with Crippen molar-refractivity contribution in [2.75, 3.05) is 36.0 Å². The maximum Gasteiger partial charge on any atom is 0.298 e. The van der Waals surface area contributed by atoms with Crippen molar-refractivity contribution < 1.29 is 4.42 Å². The van der Waals surface area contributed by atoms with Crippen molar-refractivity contribution in [2.45, 2.75) is 0 Å². The van der Waals surface area contributed by atoms with Crippen LogP contribution in [-0.2, 0) is 0 Å². The minimum absolute atomic E-state index is 0.705. The van der Waals surface area contributed by atoms with Crippen LogP contribution in [-0.4, -0.2) is 36.1 Å². The Morgan fingerprint density at radius 1 is 0.920 bits per heavy atom. The summed E-state index contributed by atoms with van der Waals surface area (Å²) in [5, 5.41) is 1.80. The lowest BCUT2D eigenvalue weighted by Crippen LogP contribution is -2.46. The number of halogens is 1. The Morgan fingerprint density at radius 3 is 2.56 bits per heavy atom. The highest BCUT2D eigenvalue weighted by Crippen LogP contribution is 2.32. The van der Waals surface area contributed by atoms with Crippen LogP contribution in [0.3, 0.4) is 0 Å². The van der Waals surface area contributed by atoms with Crippen molar-refractivity contribution >= 4 is 55.4 Å². The van der Waals surface area contributed by atoms with Gasteiger partial charge in [-0.1, -0.05) is 35.1 Å². The predicted octanol–water partition coefficient (Wildman–Crippen LogP) is 4.42. The third-order valence-corrected chi connectivity index (χ3v) is 5.76. The Hall–Kier alpha value is -2.31. The van der Waals surface area contributed by atoms with Gasteiger partial charge in [0.2, 0.25) is 0 Å². The number of piperazine rings is 1. The van der Waals surface area contributed by atoms with Gasteiger partial charge in [-0.15, -0.1) is 0 Å². The zero-order chi connectivity index (χ0) is 16.8. The number of benzene rings is 2. The summed E-state index contributed by atoms with van der Waals surface area (Å²) < 4.78 is 7.01. The van der Waals surface area contributed by atoms with E-state index in [9.17, 15) is 0 Å². The molecule has 7 heteroatoms. The fraction of sp³-hybridized carbons (Fsp3) is 0.222. The summed E-state index contributed by atoms with van der Waals surface area (Å²) in [6, 6.07) is 14.4. The molecule has 0 bridgehead atoms. The second-order valence-electron chi connectivity index (χ2n) is 6.05. The van der Waals surface area contributed by atoms with Crippen LogP contribution in [0.4, 0.5) is 11.1 Å². The van der Waals surface area contributed by atoms with Gasteiger partial charge in [0.1, 0.15) is 5.52 Å². The molecular weight excluding hydrogens is 356 g/mol. The Kier molecular flexibility index (Phi) is 3.53. The summed E-state index contributed by atoms with van der Waals surface area (Å²) in [5.74, 6) is 0. The van der Waals surface area contributed by atoms with E-state index in [-0.39, 0.29) is 0 Å². The number of anilines is 2. The van der Waals surface area contributed by atoms with E-state index >= 15 is 0 Å². The number of nitrogens with zero attached hydrogens (tertiary/aromatic N) is 4. The van der Waals surface area contributed by atoms with E-state index in [0.29, 0.717) is 6.01 Å². The molecule has 0 spiro atoms. The van der Waals surface area contributed by atoms with Gasteiger partial charge in [0.15, 0.2) is 10.7 Å². The number of oxazole rings is 1. The van der Waals surface area contributed by atoms with Crippen LogP contribution in [0.1, 0.15) is 0 Å². The van der Waals surface area contributed by atoms with Gasteiger partial charge in [0.05, 0.1) is 10.2 Å². The van der Waals surface area contributed by atoms with E-state index in [1.165, 1.54) is 0 Å². The molecule has 126 valence electrons. The number of aromatic nitrogens is 2. The molecule has 0 saturated carbocycles. The molecule has 0 radical (unpaired) electrons. The molecule has 25 heavy (non-hydrogen) atoms. The van der Waals surface area contributed by atoms with Gasteiger partial charge in [-0.3, -0.25) is 0 Å². The Morgan fingerprint density at radius 2 is 1.72 bits per heavy atom. The van der Waals surface area contributed by atoms with E-state index < -0.39 is 0 Å². The first kappa shape index (κ1) is 15.0. The van der Waals surface area contributed by atoms with Crippen molar-refractivity contribution in [3.8, 4) is 0 Å². The lowest BCUT2D eigenvalue weighted by atomic mass is 10.3. The maximum atomic E-state index is 6.08. The quantitative estimate of drug-likeness (QED) is 0.522. The highest BCUT2D eigenvalue weighted by atomic mass is 35.5. The first-order valence-corrected chi connectivity index (χ1v) is 9.37. The molecule has 1 aliphatic rings. The number of fused-ring (bicyclic) bond motifs is 2. The topological polar surface area (TPSA) is 45.4 Å². The fourth-order valence-electron chi connectivity index (χ4n) is 3.11. The van der Waals surface area contributed by atoms with Crippen LogP contribution in [0.5, 0.6) is 0 Å². The second-order valence-corrected chi connectivity index (χ2v) is 7.49. The summed E-state index contributed by atoms with van der Waals surface area (Å²) in [6.07, 6.45) is 0. The summed E-state index contributed by atoms with van der Waals surface area (Å²) in [4.78, 5) is 13.8. The molecule has 2 aromatic heterocycles. The van der Waals surface area contributed by atoms with Crippen molar-refractivity contribution in [3.63, 3.8) is 0 Å². The van der Waals surface area contributed by atoms with Crippen LogP contribution in [0.25, 0.3) is 21.3 Å². The minimum Gasteiger partial charge on any atom is -0.423 e. The van der Waals surface area contributed by atoms with Gasteiger partial charge >= 0.3 is 0 Å². The molecule has 2 aromatic carbocycles. The second kappa shape index (κ2) is 5.89. The van der Waals surface area contributed by atoms with Crippen molar-refractivity contribution in [3.05, 3.63) is 47.5 Å². The molecule has 3 heterocycles. The molecular formula is C18H15ClN4OS. The third-order valence-electron chi connectivity index (χ3n) is 4.44. The Labute approximate surface area is 153 Å². The van der Waals surface area contributed by atoms with Crippen molar-refractivity contribution in [2.24, 2.45) is 0 Å². The molecule has 0 aliphatic carbocycles. The number of rotatable bonds is 2. The van der Waals surface area contributed by atoms with E-state index in [2.05, 4.69) is 14.8 Å². The smallest absolute Gasteiger partial charge is 0.298 e. The molecule has 4 aromatic rings. The average Bonchev–Trinajstić information content (AvgIpc) is 3.25. The lowest BCUT2D eigenvalue weighted by Gasteiger charge is -2.33. The number of hydrogen-bond acceptors (Lipinski definition) is 6. The van der Waals surface area contributed by atoms with Gasteiger partial charge in [-0.2, -0.15) is 4.98 Å². The van der Waals surface area contributed by atoms with E-state index in [1.54, 1.807) is 11.3 Å². The number of para-hydroxylation sites is 2. The summed E-state index contributed by atoms with van der Waals surface area (Å²) in [6.45, 7) is 3.52. The third kappa shape index (κ3) is 2.71. The monoisotopic (exact) mass is 370 g/mol. The maximum absolute atomic E-state index is 6.08. The molecule has 1 saturated heterocycles. The SMILES string of the molecule is Clc1ccc2nc(N3CCN(c4nc5ccccc5o4)CC3)sc2c1. The molecule has 1 fully saturated rings. The van der Waals surface area contributed by atoms with Crippen LogP contribution in [0.2, 0.25) is 5.02 Å². The normalized spacial score (nSPS) is 15.4. The lowest BCUT2D eigenvalue weighted by molar-refractivity contribution is 0.542. The average molecular weight is 371 g/mol. The minimum atomic E-state index is 0.705. The predicted molar refractivity (Wildman–Crippen MR) is 103 cm³/mol. The molecule has 5 nitrogen and oxygen atoms in total. The zero-order valence-electron chi connectivity index (χ0n) is 13.4. The fourth-order valence-corrected chi connectivity index (χ4v) is 4.40. The first-order valence-electron chi connectivity index (χ1n) is 8.18. The largest absolute Gasteiger partial charge is 0.423 e. The van der Waals surface area contributed by atoms with Gasteiger partial charge in [0.25, 0.3) is 6.01 Å².